The molecule has 0 atom stereocenters. The monoisotopic (exact) mass is 254 g/mol. The second-order valence-corrected chi connectivity index (χ2v) is 4.49. The van der Waals surface area contributed by atoms with Crippen molar-refractivity contribution in [3.63, 3.8) is 0 Å². The molecule has 1 heterocycles. The molecular formula is C14H10N2O3. The van der Waals surface area contributed by atoms with E-state index < -0.39 is 17.2 Å². The highest BCUT2D eigenvalue weighted by Gasteiger charge is 2.51. The number of aliphatic hydroxyl groups is 1. The van der Waals surface area contributed by atoms with E-state index in [2.05, 4.69) is 10.2 Å². The highest BCUT2D eigenvalue weighted by molar-refractivity contribution is 6.32. The first-order chi connectivity index (χ1) is 9.13. The molecule has 0 spiro atoms. The fourth-order valence-electron chi connectivity index (χ4n) is 2.31. The number of benzene rings is 1. The van der Waals surface area contributed by atoms with Gasteiger partial charge in [-0.25, -0.2) is 0 Å². The maximum atomic E-state index is 12.2. The van der Waals surface area contributed by atoms with Crippen LogP contribution in [0.15, 0.2) is 42.7 Å². The minimum atomic E-state index is -2.02. The van der Waals surface area contributed by atoms with Crippen LogP contribution >= 0.6 is 0 Å². The second-order valence-electron chi connectivity index (χ2n) is 4.49. The van der Waals surface area contributed by atoms with Crippen LogP contribution in [0.5, 0.6) is 0 Å². The summed E-state index contributed by atoms with van der Waals surface area (Å²) in [6.45, 7) is 0. The van der Waals surface area contributed by atoms with Crippen LogP contribution in [0.3, 0.4) is 0 Å². The Balaban J connectivity index is 2.03. The van der Waals surface area contributed by atoms with Crippen molar-refractivity contribution in [3.8, 4) is 0 Å². The molecule has 2 aromatic rings. The first-order valence-corrected chi connectivity index (χ1v) is 5.79. The zero-order valence-electron chi connectivity index (χ0n) is 9.91. The van der Waals surface area contributed by atoms with Crippen LogP contribution in [-0.4, -0.2) is 32.5 Å². The Kier molecular flexibility index (Phi) is 2.50. The van der Waals surface area contributed by atoms with Crippen LogP contribution in [0.2, 0.25) is 0 Å². The summed E-state index contributed by atoms with van der Waals surface area (Å²) in [4.78, 5) is 24.5. The Hall–Kier alpha value is -2.40. The van der Waals surface area contributed by atoms with Crippen molar-refractivity contribution >= 4 is 11.6 Å². The minimum Gasteiger partial charge on any atom is -0.374 e. The smallest absolute Gasteiger partial charge is 0.203 e. The third-order valence-corrected chi connectivity index (χ3v) is 3.27. The Morgan fingerprint density at radius 2 is 1.63 bits per heavy atom. The van der Waals surface area contributed by atoms with E-state index in [-0.39, 0.29) is 17.5 Å². The topological polar surface area (TPSA) is 80.2 Å². The van der Waals surface area contributed by atoms with E-state index in [1.165, 1.54) is 12.4 Å². The van der Waals surface area contributed by atoms with Crippen LogP contribution in [0.4, 0.5) is 0 Å². The highest BCUT2D eigenvalue weighted by Crippen LogP contribution is 2.32. The zero-order valence-corrected chi connectivity index (χ0v) is 9.91. The molecule has 1 aliphatic carbocycles. The van der Waals surface area contributed by atoms with Crippen LogP contribution in [0, 0.1) is 0 Å². The molecule has 5 heteroatoms. The molecular weight excluding hydrogens is 244 g/mol. The summed E-state index contributed by atoms with van der Waals surface area (Å²) < 4.78 is 0. The van der Waals surface area contributed by atoms with Gasteiger partial charge in [0.05, 0.1) is 6.20 Å². The lowest BCUT2D eigenvalue weighted by Crippen LogP contribution is -2.43. The maximum Gasteiger partial charge on any atom is 0.203 e. The van der Waals surface area contributed by atoms with Crippen molar-refractivity contribution in [2.75, 3.05) is 0 Å². The van der Waals surface area contributed by atoms with Gasteiger partial charge in [-0.15, -0.1) is 0 Å². The molecule has 5 nitrogen and oxygen atoms in total. The van der Waals surface area contributed by atoms with Crippen molar-refractivity contribution in [1.29, 1.82) is 0 Å². The number of carbonyl (C=O) groups is 2. The summed E-state index contributed by atoms with van der Waals surface area (Å²) in [5.41, 5.74) is -0.881. The van der Waals surface area contributed by atoms with E-state index in [9.17, 15) is 14.7 Å². The van der Waals surface area contributed by atoms with Crippen LogP contribution < -0.4 is 0 Å². The molecule has 3 rings (SSSR count). The number of nitrogens with zero attached hydrogens (tertiary/aromatic N) is 2. The summed E-state index contributed by atoms with van der Waals surface area (Å²) in [6, 6.07) is 8.07. The van der Waals surface area contributed by atoms with Gasteiger partial charge in [0.25, 0.3) is 0 Å². The molecule has 0 fully saturated rings. The standard InChI is InChI=1S/C14H10N2O3/c17-12-10-3-1-2-4-11(10)13(18)14(12,19)7-9-5-6-15-16-8-9/h1-6,8,19H,7H2. The minimum absolute atomic E-state index is 0.0884. The highest BCUT2D eigenvalue weighted by atomic mass is 16.3. The van der Waals surface area contributed by atoms with Crippen molar-refractivity contribution in [2.24, 2.45) is 0 Å². The number of hydrogen-bond donors (Lipinski definition) is 1. The van der Waals surface area contributed by atoms with Crippen LogP contribution in [0.1, 0.15) is 26.3 Å². The molecule has 0 amide bonds. The number of ketones is 2. The lowest BCUT2D eigenvalue weighted by molar-refractivity contribution is 0.0334. The average molecular weight is 254 g/mol. The Morgan fingerprint density at radius 3 is 2.16 bits per heavy atom. The molecule has 0 unspecified atom stereocenters. The summed E-state index contributed by atoms with van der Waals surface area (Å²) in [5.74, 6) is -1.10. The summed E-state index contributed by atoms with van der Waals surface area (Å²) >= 11 is 0. The predicted octanol–water partition coefficient (Wildman–Crippen LogP) is 0.829. The number of rotatable bonds is 2. The third kappa shape index (κ3) is 1.67. The molecule has 19 heavy (non-hydrogen) atoms. The number of Topliss-reactive ketones (excluding diaryl/α,β-unsaturated/α-hetero) is 2. The predicted molar refractivity (Wildman–Crippen MR) is 65.8 cm³/mol. The number of aromatic nitrogens is 2. The Labute approximate surface area is 108 Å². The van der Waals surface area contributed by atoms with E-state index in [0.717, 1.165) is 0 Å². The van der Waals surface area contributed by atoms with Crippen molar-refractivity contribution in [3.05, 3.63) is 59.4 Å². The molecule has 94 valence electrons. The molecule has 1 aromatic carbocycles. The average Bonchev–Trinajstić information content (AvgIpc) is 2.63. The fourth-order valence-corrected chi connectivity index (χ4v) is 2.31. The van der Waals surface area contributed by atoms with E-state index >= 15 is 0 Å². The number of carbonyl (C=O) groups excluding carboxylic acids is 2. The van der Waals surface area contributed by atoms with Gasteiger partial charge in [-0.05, 0) is 11.6 Å². The van der Waals surface area contributed by atoms with E-state index in [1.54, 1.807) is 30.3 Å². The largest absolute Gasteiger partial charge is 0.374 e. The molecule has 0 saturated carbocycles. The van der Waals surface area contributed by atoms with Crippen molar-refractivity contribution in [1.82, 2.24) is 10.2 Å². The van der Waals surface area contributed by atoms with Gasteiger partial charge >= 0.3 is 0 Å². The van der Waals surface area contributed by atoms with E-state index in [1.807, 2.05) is 0 Å². The van der Waals surface area contributed by atoms with E-state index in [4.69, 9.17) is 0 Å². The molecule has 0 bridgehead atoms. The molecule has 1 aromatic heterocycles. The first kappa shape index (κ1) is 11.7. The van der Waals surface area contributed by atoms with Gasteiger partial charge in [-0.1, -0.05) is 24.3 Å². The maximum absolute atomic E-state index is 12.2. The van der Waals surface area contributed by atoms with Gasteiger partial charge < -0.3 is 5.11 Å². The van der Waals surface area contributed by atoms with E-state index in [0.29, 0.717) is 5.56 Å². The first-order valence-electron chi connectivity index (χ1n) is 5.79. The quantitative estimate of drug-likeness (QED) is 0.803. The van der Waals surface area contributed by atoms with Crippen molar-refractivity contribution in [2.45, 2.75) is 12.0 Å². The lowest BCUT2D eigenvalue weighted by Gasteiger charge is -2.18. The van der Waals surface area contributed by atoms with Gasteiger partial charge in [0.15, 0.2) is 5.60 Å². The lowest BCUT2D eigenvalue weighted by atomic mass is 9.90. The van der Waals surface area contributed by atoms with Gasteiger partial charge in [0, 0.05) is 23.7 Å². The van der Waals surface area contributed by atoms with Crippen LogP contribution in [0.25, 0.3) is 0 Å². The SMILES string of the molecule is O=C1c2ccccc2C(=O)C1(O)Cc1ccnnc1. The summed E-state index contributed by atoms with van der Waals surface area (Å²) in [6.07, 6.45) is 2.80. The second kappa shape index (κ2) is 4.07. The van der Waals surface area contributed by atoms with Gasteiger partial charge in [0.1, 0.15) is 0 Å². The summed E-state index contributed by atoms with van der Waals surface area (Å²) in [5, 5.41) is 17.7. The number of hydrogen-bond acceptors (Lipinski definition) is 5. The molecule has 0 radical (unpaired) electrons. The van der Waals surface area contributed by atoms with Crippen molar-refractivity contribution < 1.29 is 14.7 Å². The number of fused-ring (bicyclic) bond motifs is 1. The van der Waals surface area contributed by atoms with Gasteiger partial charge in [0.2, 0.25) is 11.6 Å². The molecule has 0 saturated heterocycles. The van der Waals surface area contributed by atoms with Crippen LogP contribution in [-0.2, 0) is 6.42 Å². The normalized spacial score (nSPS) is 16.5. The molecule has 1 N–H and O–H groups in total. The fraction of sp³-hybridized carbons (Fsp3) is 0.143. The zero-order chi connectivity index (χ0) is 13.5. The molecule has 1 aliphatic rings. The van der Waals surface area contributed by atoms with Gasteiger partial charge in [-0.2, -0.15) is 10.2 Å². The Bertz CT molecular complexity index is 632. The molecule has 0 aliphatic heterocycles. The van der Waals surface area contributed by atoms with Gasteiger partial charge in [-0.3, -0.25) is 9.59 Å². The summed E-state index contributed by atoms with van der Waals surface area (Å²) in [7, 11) is 0. The Morgan fingerprint density at radius 1 is 1.00 bits per heavy atom. The third-order valence-electron chi connectivity index (χ3n) is 3.27.